The summed E-state index contributed by atoms with van der Waals surface area (Å²) in [6, 6.07) is 58.2. The number of aromatic nitrogens is 3. The molecule has 0 unspecified atom stereocenters. The summed E-state index contributed by atoms with van der Waals surface area (Å²) >= 11 is 0. The highest BCUT2D eigenvalue weighted by molar-refractivity contribution is 6.05. The van der Waals surface area contributed by atoms with Crippen molar-refractivity contribution in [2.75, 3.05) is 0 Å². The summed E-state index contributed by atoms with van der Waals surface area (Å²) in [7, 11) is 0. The molecule has 9 rings (SSSR count). The number of hydrogen-bond acceptors (Lipinski definition) is 3. The molecule has 0 bridgehead atoms. The van der Waals surface area contributed by atoms with Gasteiger partial charge < -0.3 is 0 Å². The number of aryl methyl sites for hydroxylation is 1. The first-order chi connectivity index (χ1) is 25.2. The monoisotopic (exact) mass is 653 g/mol. The van der Waals surface area contributed by atoms with Gasteiger partial charge in [0, 0.05) is 16.7 Å². The van der Waals surface area contributed by atoms with Crippen LogP contribution in [0.2, 0.25) is 0 Å². The highest BCUT2D eigenvalue weighted by atomic mass is 15.3. The Labute approximate surface area is 299 Å². The molecule has 0 N–H and O–H groups in total. The van der Waals surface area contributed by atoms with Gasteiger partial charge in [-0.15, -0.1) is 10.2 Å². The van der Waals surface area contributed by atoms with E-state index in [1.165, 1.54) is 44.5 Å². The molecule has 0 amide bonds. The van der Waals surface area contributed by atoms with Crippen LogP contribution in [0.4, 0.5) is 0 Å². The van der Waals surface area contributed by atoms with Gasteiger partial charge in [0.25, 0.3) is 0 Å². The predicted molar refractivity (Wildman–Crippen MR) is 210 cm³/mol. The maximum absolute atomic E-state index is 5.06. The first-order valence-electron chi connectivity index (χ1n) is 17.5. The maximum atomic E-state index is 5.06. The smallest absolute Gasteiger partial charge is 0.106 e. The maximum Gasteiger partial charge on any atom is 0.106 e. The second-order valence-electron chi connectivity index (χ2n) is 13.3. The van der Waals surface area contributed by atoms with E-state index in [1.54, 1.807) is 0 Å². The van der Waals surface area contributed by atoms with E-state index in [9.17, 15) is 0 Å². The third-order valence-electron chi connectivity index (χ3n) is 10.4. The number of fused-ring (bicyclic) bond motifs is 3. The van der Waals surface area contributed by atoms with Crippen LogP contribution in [0.1, 0.15) is 22.3 Å². The highest BCUT2D eigenvalue weighted by Crippen LogP contribution is 2.51. The Kier molecular flexibility index (Phi) is 7.67. The van der Waals surface area contributed by atoms with E-state index >= 15 is 0 Å². The van der Waals surface area contributed by atoms with Crippen molar-refractivity contribution in [1.29, 1.82) is 0 Å². The van der Waals surface area contributed by atoms with Crippen LogP contribution in [0.15, 0.2) is 164 Å². The zero-order valence-electron chi connectivity index (χ0n) is 28.6. The number of hydrogen-bond donors (Lipinski definition) is 0. The molecule has 0 saturated heterocycles. The molecule has 1 heterocycles. The Hall–Kier alpha value is -6.45. The lowest BCUT2D eigenvalue weighted by Crippen LogP contribution is -2.05. The average Bonchev–Trinajstić information content (AvgIpc) is 3.59. The fraction of sp³-hybridized carbons (Fsp3) is 0.0625. The van der Waals surface area contributed by atoms with Crippen molar-refractivity contribution in [3.05, 3.63) is 186 Å². The number of nitrogens with zero attached hydrogens (tertiary/aromatic N) is 3. The zero-order chi connectivity index (χ0) is 34.3. The van der Waals surface area contributed by atoms with Gasteiger partial charge in [-0.1, -0.05) is 164 Å². The molecule has 242 valence electrons. The molecule has 1 aliphatic carbocycles. The van der Waals surface area contributed by atoms with E-state index in [2.05, 4.69) is 177 Å². The molecule has 3 nitrogen and oxygen atoms in total. The zero-order valence-corrected chi connectivity index (χ0v) is 28.6. The SMILES string of the molecule is Cc1cc(-c2ccccc2)c(-c2nnnc(-c3ccccc3)c2-c2ccccc2-c2ccccc2)c(-c2cccc3c2Cc2ccccc2-3)c1C. The molecule has 0 spiro atoms. The molecule has 0 fully saturated rings. The van der Waals surface area contributed by atoms with E-state index in [4.69, 9.17) is 10.2 Å². The van der Waals surface area contributed by atoms with Crippen molar-refractivity contribution >= 4 is 0 Å². The van der Waals surface area contributed by atoms with E-state index in [1.807, 2.05) is 6.07 Å². The van der Waals surface area contributed by atoms with Crippen LogP contribution in [-0.4, -0.2) is 15.4 Å². The molecular formula is C48H35N3. The van der Waals surface area contributed by atoms with Gasteiger partial charge in [0.2, 0.25) is 0 Å². The third-order valence-corrected chi connectivity index (χ3v) is 10.4. The second kappa shape index (κ2) is 12.8. The lowest BCUT2D eigenvalue weighted by Gasteiger charge is -2.24. The van der Waals surface area contributed by atoms with Gasteiger partial charge in [-0.05, 0) is 97.8 Å². The minimum atomic E-state index is 0.804. The first-order valence-corrected chi connectivity index (χ1v) is 17.5. The van der Waals surface area contributed by atoms with Gasteiger partial charge in [0.1, 0.15) is 11.4 Å². The summed E-state index contributed by atoms with van der Waals surface area (Å²) in [5.41, 5.74) is 20.5. The van der Waals surface area contributed by atoms with Crippen LogP contribution < -0.4 is 0 Å². The predicted octanol–water partition coefficient (Wildman–Crippen LogP) is 12.1. The van der Waals surface area contributed by atoms with Crippen molar-refractivity contribution in [3.8, 4) is 78.1 Å². The Morgan fingerprint density at radius 2 is 0.922 bits per heavy atom. The minimum absolute atomic E-state index is 0.804. The summed E-state index contributed by atoms with van der Waals surface area (Å²) in [5, 5.41) is 14.4. The lowest BCUT2D eigenvalue weighted by atomic mass is 9.80. The van der Waals surface area contributed by atoms with Crippen LogP contribution in [0.25, 0.3) is 78.1 Å². The van der Waals surface area contributed by atoms with Gasteiger partial charge in [0.05, 0.1) is 0 Å². The topological polar surface area (TPSA) is 38.7 Å². The molecule has 51 heavy (non-hydrogen) atoms. The lowest BCUT2D eigenvalue weighted by molar-refractivity contribution is 0.879. The fourth-order valence-electron chi connectivity index (χ4n) is 7.86. The summed E-state index contributed by atoms with van der Waals surface area (Å²) in [6.45, 7) is 4.49. The quantitative estimate of drug-likeness (QED) is 0.179. The standard InChI is InChI=1S/C48H35N3/c1-31-29-42(34-19-8-4-9-20-34)45(44(32(31)2)41-28-16-27-39-38-25-13-12-23-36(38)30-43(39)41)48-46(47(49-51-50-48)35-21-10-5-11-22-35)40-26-15-14-24-37(40)33-17-6-3-7-18-33/h3-29H,30H2,1-2H3. The van der Waals surface area contributed by atoms with Gasteiger partial charge in [-0.3, -0.25) is 0 Å². The first kappa shape index (κ1) is 30.6. The minimum Gasteiger partial charge on any atom is -0.129 e. The molecule has 7 aromatic carbocycles. The Morgan fingerprint density at radius 3 is 1.63 bits per heavy atom. The number of rotatable bonds is 6. The summed E-state index contributed by atoms with van der Waals surface area (Å²) in [4.78, 5) is 0. The van der Waals surface area contributed by atoms with Crippen LogP contribution in [0.3, 0.4) is 0 Å². The van der Waals surface area contributed by atoms with Crippen molar-refractivity contribution in [2.24, 2.45) is 0 Å². The Bertz CT molecular complexity index is 2560. The third kappa shape index (κ3) is 5.26. The number of benzene rings is 7. The van der Waals surface area contributed by atoms with Gasteiger partial charge in [-0.2, -0.15) is 0 Å². The Balaban J connectivity index is 1.43. The summed E-state index contributed by atoms with van der Waals surface area (Å²) in [6.07, 6.45) is 0.885. The second-order valence-corrected chi connectivity index (χ2v) is 13.3. The molecule has 0 saturated carbocycles. The van der Waals surface area contributed by atoms with E-state index in [0.29, 0.717) is 0 Å². The van der Waals surface area contributed by atoms with E-state index in [0.717, 1.165) is 62.3 Å². The largest absolute Gasteiger partial charge is 0.129 e. The van der Waals surface area contributed by atoms with Gasteiger partial charge in [-0.25, -0.2) is 0 Å². The molecule has 8 aromatic rings. The van der Waals surface area contributed by atoms with Gasteiger partial charge in [0.15, 0.2) is 0 Å². The molecule has 3 heteroatoms. The van der Waals surface area contributed by atoms with Crippen LogP contribution in [0, 0.1) is 13.8 Å². The summed E-state index contributed by atoms with van der Waals surface area (Å²) in [5.74, 6) is 0. The Morgan fingerprint density at radius 1 is 0.392 bits per heavy atom. The molecule has 1 aliphatic rings. The van der Waals surface area contributed by atoms with Crippen molar-refractivity contribution in [2.45, 2.75) is 20.3 Å². The highest BCUT2D eigenvalue weighted by Gasteiger charge is 2.29. The molecule has 0 radical (unpaired) electrons. The van der Waals surface area contributed by atoms with E-state index in [-0.39, 0.29) is 0 Å². The summed E-state index contributed by atoms with van der Waals surface area (Å²) < 4.78 is 0. The van der Waals surface area contributed by atoms with Crippen molar-refractivity contribution in [1.82, 2.24) is 15.4 Å². The average molecular weight is 654 g/mol. The van der Waals surface area contributed by atoms with Crippen molar-refractivity contribution in [3.63, 3.8) is 0 Å². The van der Waals surface area contributed by atoms with Crippen LogP contribution >= 0.6 is 0 Å². The van der Waals surface area contributed by atoms with Gasteiger partial charge >= 0.3 is 0 Å². The van der Waals surface area contributed by atoms with Crippen LogP contribution in [-0.2, 0) is 6.42 Å². The van der Waals surface area contributed by atoms with E-state index < -0.39 is 0 Å². The van der Waals surface area contributed by atoms with Crippen LogP contribution in [0.5, 0.6) is 0 Å². The normalized spacial score (nSPS) is 11.6. The van der Waals surface area contributed by atoms with Crippen molar-refractivity contribution < 1.29 is 0 Å². The molecule has 0 aliphatic heterocycles. The fourth-order valence-corrected chi connectivity index (χ4v) is 7.86. The molecule has 1 aromatic heterocycles. The molecular weight excluding hydrogens is 619 g/mol. The molecule has 0 atom stereocenters.